The molecule has 9 heteroatoms. The fourth-order valence-corrected chi connectivity index (χ4v) is 3.85. The third-order valence-electron chi connectivity index (χ3n) is 4.71. The monoisotopic (exact) mass is 384 g/mol. The van der Waals surface area contributed by atoms with E-state index in [-0.39, 0.29) is 22.2 Å². The molecule has 0 radical (unpaired) electrons. The molecule has 3 aromatic rings. The molecule has 1 aliphatic carbocycles. The molecule has 2 atom stereocenters. The number of rotatable bonds is 2. The van der Waals surface area contributed by atoms with Crippen LogP contribution in [0, 0.1) is 17.5 Å². The summed E-state index contributed by atoms with van der Waals surface area (Å²) >= 11 is 6.21. The molecule has 0 spiro atoms. The van der Waals surface area contributed by atoms with Crippen molar-refractivity contribution in [2.75, 3.05) is 0 Å². The first-order valence-corrected chi connectivity index (χ1v) is 8.53. The summed E-state index contributed by atoms with van der Waals surface area (Å²) in [5.41, 5.74) is -0.461. The Morgan fingerprint density at radius 1 is 1.04 bits per heavy atom. The van der Waals surface area contributed by atoms with Crippen molar-refractivity contribution < 1.29 is 17.6 Å². The second kappa shape index (κ2) is 6.50. The Labute approximate surface area is 150 Å². The SMILES string of the molecule is Fc1cc(F)c(-c2c(Cl)nc3ncnn3c2C2CCCCC2F)c(F)c1. The highest BCUT2D eigenvalue weighted by Crippen LogP contribution is 2.43. The summed E-state index contributed by atoms with van der Waals surface area (Å²) < 4.78 is 58.2. The molecular weight excluding hydrogens is 372 g/mol. The van der Waals surface area contributed by atoms with Crippen LogP contribution in [0.5, 0.6) is 0 Å². The molecule has 2 aromatic heterocycles. The molecule has 4 rings (SSSR count). The maximum atomic E-state index is 14.7. The van der Waals surface area contributed by atoms with E-state index in [2.05, 4.69) is 15.1 Å². The molecule has 2 unspecified atom stereocenters. The van der Waals surface area contributed by atoms with Gasteiger partial charge in [0.2, 0.25) is 0 Å². The number of aromatic nitrogens is 4. The molecule has 0 saturated heterocycles. The van der Waals surface area contributed by atoms with Crippen molar-refractivity contribution in [1.82, 2.24) is 19.6 Å². The lowest BCUT2D eigenvalue weighted by molar-refractivity contribution is 0.212. The lowest BCUT2D eigenvalue weighted by Crippen LogP contribution is -2.23. The summed E-state index contributed by atoms with van der Waals surface area (Å²) in [6.07, 6.45) is 2.27. The maximum absolute atomic E-state index is 14.7. The molecule has 1 aromatic carbocycles. The Morgan fingerprint density at radius 2 is 1.73 bits per heavy atom. The van der Waals surface area contributed by atoms with E-state index in [0.717, 1.165) is 12.8 Å². The smallest absolute Gasteiger partial charge is 0.247 e. The van der Waals surface area contributed by atoms with Gasteiger partial charge in [0.05, 0.1) is 11.3 Å². The standard InChI is InChI=1S/C17H13ClF4N4/c18-16-14(13-11(21)5-8(19)6-12(13)22)15(9-3-1-2-4-10(9)20)26-17(25-16)23-7-24-26/h5-7,9-10H,1-4H2. The first kappa shape index (κ1) is 17.2. The molecule has 136 valence electrons. The van der Waals surface area contributed by atoms with E-state index in [4.69, 9.17) is 11.6 Å². The van der Waals surface area contributed by atoms with E-state index in [1.54, 1.807) is 0 Å². The fourth-order valence-electron chi connectivity index (χ4n) is 3.59. The van der Waals surface area contributed by atoms with E-state index < -0.39 is 35.1 Å². The predicted molar refractivity (Wildman–Crippen MR) is 87.2 cm³/mol. The molecule has 0 aliphatic heterocycles. The molecule has 0 bridgehead atoms. The van der Waals surface area contributed by atoms with Crippen molar-refractivity contribution in [3.05, 3.63) is 46.8 Å². The van der Waals surface area contributed by atoms with Gasteiger partial charge < -0.3 is 0 Å². The highest BCUT2D eigenvalue weighted by molar-refractivity contribution is 6.32. The summed E-state index contributed by atoms with van der Waals surface area (Å²) in [4.78, 5) is 7.94. The Hall–Kier alpha value is -2.22. The summed E-state index contributed by atoms with van der Waals surface area (Å²) in [7, 11) is 0. The minimum Gasteiger partial charge on any atom is -0.247 e. The summed E-state index contributed by atoms with van der Waals surface area (Å²) in [6, 6.07) is 1.11. The first-order valence-electron chi connectivity index (χ1n) is 8.15. The van der Waals surface area contributed by atoms with Gasteiger partial charge in [-0.25, -0.2) is 22.1 Å². The molecule has 1 aliphatic rings. The van der Waals surface area contributed by atoms with Gasteiger partial charge in [-0.15, -0.1) is 0 Å². The Balaban J connectivity index is 2.06. The molecule has 2 heterocycles. The van der Waals surface area contributed by atoms with Gasteiger partial charge in [-0.05, 0) is 12.8 Å². The number of benzene rings is 1. The van der Waals surface area contributed by atoms with Crippen molar-refractivity contribution in [3.63, 3.8) is 0 Å². The van der Waals surface area contributed by atoms with Gasteiger partial charge in [-0.1, -0.05) is 24.4 Å². The molecule has 0 amide bonds. The Bertz CT molecular complexity index is 967. The fraction of sp³-hybridized carbons (Fsp3) is 0.353. The van der Waals surface area contributed by atoms with E-state index in [0.29, 0.717) is 25.0 Å². The van der Waals surface area contributed by atoms with Crippen LogP contribution >= 0.6 is 11.6 Å². The quantitative estimate of drug-likeness (QED) is 0.468. The van der Waals surface area contributed by atoms with Crippen molar-refractivity contribution in [2.24, 2.45) is 0 Å². The van der Waals surface area contributed by atoms with Crippen LogP contribution in [-0.4, -0.2) is 25.8 Å². The van der Waals surface area contributed by atoms with E-state index in [9.17, 15) is 17.6 Å². The zero-order chi connectivity index (χ0) is 18.4. The second-order valence-corrected chi connectivity index (χ2v) is 6.64. The van der Waals surface area contributed by atoms with E-state index >= 15 is 0 Å². The average Bonchev–Trinajstić information content (AvgIpc) is 3.03. The predicted octanol–water partition coefficient (Wildman–Crippen LogP) is 4.86. The lowest BCUT2D eigenvalue weighted by atomic mass is 9.82. The maximum Gasteiger partial charge on any atom is 0.253 e. The van der Waals surface area contributed by atoms with Crippen LogP contribution in [0.1, 0.15) is 37.3 Å². The van der Waals surface area contributed by atoms with Gasteiger partial charge in [-0.3, -0.25) is 0 Å². The second-order valence-electron chi connectivity index (χ2n) is 6.29. The van der Waals surface area contributed by atoms with E-state index in [1.165, 1.54) is 10.8 Å². The van der Waals surface area contributed by atoms with Crippen molar-refractivity contribution in [3.8, 4) is 11.1 Å². The topological polar surface area (TPSA) is 43.1 Å². The van der Waals surface area contributed by atoms with Gasteiger partial charge >= 0.3 is 0 Å². The molecule has 1 fully saturated rings. The molecule has 4 nitrogen and oxygen atoms in total. The van der Waals surface area contributed by atoms with Crippen LogP contribution in [0.15, 0.2) is 18.5 Å². The van der Waals surface area contributed by atoms with Crippen molar-refractivity contribution in [1.29, 1.82) is 0 Å². The lowest BCUT2D eigenvalue weighted by Gasteiger charge is -2.28. The normalized spacial score (nSPS) is 20.7. The number of nitrogens with zero attached hydrogens (tertiary/aromatic N) is 4. The van der Waals surface area contributed by atoms with Crippen LogP contribution in [0.2, 0.25) is 5.15 Å². The van der Waals surface area contributed by atoms with Gasteiger partial charge in [0, 0.05) is 23.6 Å². The number of hydrogen-bond acceptors (Lipinski definition) is 3. The molecule has 1 saturated carbocycles. The van der Waals surface area contributed by atoms with Gasteiger partial charge in [0.25, 0.3) is 5.78 Å². The van der Waals surface area contributed by atoms with Crippen molar-refractivity contribution >= 4 is 17.4 Å². The minimum absolute atomic E-state index is 0.106. The Kier molecular flexibility index (Phi) is 4.30. The summed E-state index contributed by atoms with van der Waals surface area (Å²) in [5.74, 6) is -3.91. The van der Waals surface area contributed by atoms with Crippen LogP contribution in [0.4, 0.5) is 17.6 Å². The molecular formula is C17H13ClF4N4. The third kappa shape index (κ3) is 2.72. The van der Waals surface area contributed by atoms with Crippen LogP contribution in [-0.2, 0) is 0 Å². The minimum atomic E-state index is -1.22. The average molecular weight is 385 g/mol. The summed E-state index contributed by atoms with van der Waals surface area (Å²) in [6.45, 7) is 0. The first-order chi connectivity index (χ1) is 12.5. The Morgan fingerprint density at radius 3 is 2.42 bits per heavy atom. The van der Waals surface area contributed by atoms with Crippen LogP contribution in [0.25, 0.3) is 16.9 Å². The molecule has 26 heavy (non-hydrogen) atoms. The highest BCUT2D eigenvalue weighted by atomic mass is 35.5. The molecule has 0 N–H and O–H groups in total. The number of alkyl halides is 1. The van der Waals surface area contributed by atoms with Crippen LogP contribution in [0.3, 0.4) is 0 Å². The van der Waals surface area contributed by atoms with Gasteiger partial charge in [0.1, 0.15) is 35.1 Å². The van der Waals surface area contributed by atoms with Gasteiger partial charge in [0.15, 0.2) is 0 Å². The third-order valence-corrected chi connectivity index (χ3v) is 4.98. The van der Waals surface area contributed by atoms with Crippen LogP contribution < -0.4 is 0 Å². The van der Waals surface area contributed by atoms with Gasteiger partial charge in [-0.2, -0.15) is 15.1 Å². The highest BCUT2D eigenvalue weighted by Gasteiger charge is 2.34. The summed E-state index contributed by atoms with van der Waals surface area (Å²) in [5, 5.41) is 3.80. The largest absolute Gasteiger partial charge is 0.253 e. The number of hydrogen-bond donors (Lipinski definition) is 0. The number of halogens is 5. The van der Waals surface area contributed by atoms with E-state index in [1.807, 2.05) is 0 Å². The number of fused-ring (bicyclic) bond motifs is 1. The zero-order valence-corrected chi connectivity index (χ0v) is 14.1. The van der Waals surface area contributed by atoms with Crippen molar-refractivity contribution in [2.45, 2.75) is 37.8 Å². The zero-order valence-electron chi connectivity index (χ0n) is 13.4.